The van der Waals surface area contributed by atoms with E-state index in [0.29, 0.717) is 18.7 Å². The number of ether oxygens (including phenoxy) is 1. The molecule has 1 aromatic heterocycles. The lowest BCUT2D eigenvalue weighted by Gasteiger charge is -2.11. The number of methoxy groups -OCH3 is 1. The highest BCUT2D eigenvalue weighted by molar-refractivity contribution is 7.89. The molecule has 2 rings (SSSR count). The normalized spacial score (nSPS) is 11.5. The molecular formula is C12H17N5O3S. The summed E-state index contributed by atoms with van der Waals surface area (Å²) in [6.07, 6.45) is 3.89. The molecule has 0 aliphatic heterocycles. The molecule has 0 atom stereocenters. The number of hydrogen-bond acceptors (Lipinski definition) is 6. The Kier molecular flexibility index (Phi) is 4.76. The molecule has 3 N–H and O–H groups in total. The Labute approximate surface area is 123 Å². The van der Waals surface area contributed by atoms with E-state index in [1.807, 2.05) is 0 Å². The van der Waals surface area contributed by atoms with Crippen molar-refractivity contribution in [2.75, 3.05) is 19.4 Å². The van der Waals surface area contributed by atoms with Crippen LogP contribution >= 0.6 is 0 Å². The Morgan fingerprint density at radius 3 is 2.90 bits per heavy atom. The van der Waals surface area contributed by atoms with E-state index < -0.39 is 10.0 Å². The highest BCUT2D eigenvalue weighted by atomic mass is 32.2. The van der Waals surface area contributed by atoms with Crippen molar-refractivity contribution in [3.63, 3.8) is 0 Å². The molecule has 0 unspecified atom stereocenters. The number of nitrogens with two attached hydrogens (primary N) is 1. The monoisotopic (exact) mass is 311 g/mol. The van der Waals surface area contributed by atoms with Crippen LogP contribution in [0, 0.1) is 0 Å². The summed E-state index contributed by atoms with van der Waals surface area (Å²) in [7, 11) is -2.24. The van der Waals surface area contributed by atoms with Gasteiger partial charge in [0.15, 0.2) is 0 Å². The Balaban J connectivity index is 1.98. The second kappa shape index (κ2) is 6.55. The molecule has 0 bridgehead atoms. The quantitative estimate of drug-likeness (QED) is 0.559. The summed E-state index contributed by atoms with van der Waals surface area (Å²) in [5.41, 5.74) is 6.05. The first-order chi connectivity index (χ1) is 10.0. The van der Waals surface area contributed by atoms with Crippen molar-refractivity contribution in [2.24, 2.45) is 0 Å². The van der Waals surface area contributed by atoms with Crippen LogP contribution in [0.1, 0.15) is 6.42 Å². The molecule has 0 amide bonds. The number of benzene rings is 1. The van der Waals surface area contributed by atoms with Gasteiger partial charge >= 0.3 is 0 Å². The molecule has 0 aliphatic rings. The van der Waals surface area contributed by atoms with Crippen LogP contribution in [0.4, 0.5) is 5.69 Å². The first kappa shape index (κ1) is 15.3. The smallest absolute Gasteiger partial charge is 0.244 e. The summed E-state index contributed by atoms with van der Waals surface area (Å²) in [6.45, 7) is 0.872. The van der Waals surface area contributed by atoms with E-state index in [2.05, 4.69) is 15.0 Å². The van der Waals surface area contributed by atoms with Crippen LogP contribution in [0.25, 0.3) is 0 Å². The molecule has 114 valence electrons. The minimum atomic E-state index is -3.64. The van der Waals surface area contributed by atoms with Gasteiger partial charge in [-0.1, -0.05) is 5.21 Å². The zero-order valence-electron chi connectivity index (χ0n) is 11.6. The fourth-order valence-electron chi connectivity index (χ4n) is 1.78. The van der Waals surface area contributed by atoms with E-state index in [-0.39, 0.29) is 17.2 Å². The molecule has 21 heavy (non-hydrogen) atoms. The molecule has 0 fully saturated rings. The lowest BCUT2D eigenvalue weighted by molar-refractivity contribution is 0.402. The van der Waals surface area contributed by atoms with Gasteiger partial charge in [-0.3, -0.25) is 4.68 Å². The van der Waals surface area contributed by atoms with Gasteiger partial charge in [-0.15, -0.1) is 5.10 Å². The van der Waals surface area contributed by atoms with Crippen LogP contribution < -0.4 is 15.2 Å². The lowest BCUT2D eigenvalue weighted by atomic mass is 10.3. The maximum absolute atomic E-state index is 12.2. The van der Waals surface area contributed by atoms with Crippen LogP contribution in [0.15, 0.2) is 35.5 Å². The zero-order valence-corrected chi connectivity index (χ0v) is 12.4. The van der Waals surface area contributed by atoms with E-state index in [1.54, 1.807) is 17.1 Å². The molecule has 0 saturated heterocycles. The number of nitrogens with zero attached hydrogens (tertiary/aromatic N) is 3. The van der Waals surface area contributed by atoms with Gasteiger partial charge in [0.1, 0.15) is 10.6 Å². The van der Waals surface area contributed by atoms with Gasteiger partial charge in [0, 0.05) is 31.0 Å². The first-order valence-electron chi connectivity index (χ1n) is 6.30. The van der Waals surface area contributed by atoms with Crippen LogP contribution in [-0.4, -0.2) is 37.1 Å². The van der Waals surface area contributed by atoms with Gasteiger partial charge in [0.25, 0.3) is 0 Å². The van der Waals surface area contributed by atoms with Crippen molar-refractivity contribution in [1.82, 2.24) is 19.7 Å². The Morgan fingerprint density at radius 1 is 1.43 bits per heavy atom. The Bertz CT molecular complexity index is 685. The predicted octanol–water partition coefficient (Wildman–Crippen LogP) is 0.237. The number of nitrogen functional groups attached to an aromatic ring is 1. The number of nitrogens with one attached hydrogen (secondary N) is 1. The minimum Gasteiger partial charge on any atom is -0.495 e. The van der Waals surface area contributed by atoms with E-state index in [0.717, 1.165) is 0 Å². The number of sulfonamides is 1. The third-order valence-corrected chi connectivity index (χ3v) is 4.31. The fraction of sp³-hybridized carbons (Fsp3) is 0.333. The summed E-state index contributed by atoms with van der Waals surface area (Å²) in [4.78, 5) is 0.0694. The van der Waals surface area contributed by atoms with Crippen LogP contribution in [0.2, 0.25) is 0 Å². The molecule has 1 heterocycles. The van der Waals surface area contributed by atoms with Gasteiger partial charge in [-0.05, 0) is 18.6 Å². The summed E-state index contributed by atoms with van der Waals surface area (Å²) in [5, 5.41) is 7.48. The zero-order chi connectivity index (χ0) is 15.3. The first-order valence-corrected chi connectivity index (χ1v) is 7.78. The summed E-state index contributed by atoms with van der Waals surface area (Å²) in [6, 6.07) is 4.42. The fourth-order valence-corrected chi connectivity index (χ4v) is 3.01. The summed E-state index contributed by atoms with van der Waals surface area (Å²) < 4.78 is 33.7. The number of anilines is 1. The van der Waals surface area contributed by atoms with Crippen LogP contribution in [0.5, 0.6) is 5.75 Å². The second-order valence-corrected chi connectivity index (χ2v) is 6.06. The van der Waals surface area contributed by atoms with Gasteiger partial charge in [0.05, 0.1) is 13.3 Å². The van der Waals surface area contributed by atoms with Crippen molar-refractivity contribution < 1.29 is 13.2 Å². The number of rotatable bonds is 7. The van der Waals surface area contributed by atoms with Gasteiger partial charge < -0.3 is 10.5 Å². The predicted molar refractivity (Wildman–Crippen MR) is 77.2 cm³/mol. The van der Waals surface area contributed by atoms with Crippen LogP contribution in [0.3, 0.4) is 0 Å². The van der Waals surface area contributed by atoms with Gasteiger partial charge in [-0.2, -0.15) is 0 Å². The van der Waals surface area contributed by atoms with E-state index in [1.165, 1.54) is 25.3 Å². The Hall–Kier alpha value is -2.13. The highest BCUT2D eigenvalue weighted by Crippen LogP contribution is 2.25. The number of aromatic nitrogens is 3. The van der Waals surface area contributed by atoms with Crippen molar-refractivity contribution in [2.45, 2.75) is 17.9 Å². The molecule has 0 spiro atoms. The molecule has 1 aromatic carbocycles. The lowest BCUT2D eigenvalue weighted by Crippen LogP contribution is -2.26. The highest BCUT2D eigenvalue weighted by Gasteiger charge is 2.18. The van der Waals surface area contributed by atoms with Crippen molar-refractivity contribution >= 4 is 15.7 Å². The second-order valence-electron chi connectivity index (χ2n) is 4.33. The third kappa shape index (κ3) is 3.92. The van der Waals surface area contributed by atoms with E-state index in [9.17, 15) is 8.42 Å². The largest absolute Gasteiger partial charge is 0.495 e. The minimum absolute atomic E-state index is 0.0694. The molecular weight excluding hydrogens is 294 g/mol. The third-order valence-electron chi connectivity index (χ3n) is 2.81. The van der Waals surface area contributed by atoms with Gasteiger partial charge in [0.2, 0.25) is 10.0 Å². The maximum atomic E-state index is 12.2. The molecule has 8 nitrogen and oxygen atoms in total. The van der Waals surface area contributed by atoms with E-state index >= 15 is 0 Å². The molecule has 0 saturated carbocycles. The van der Waals surface area contributed by atoms with Crippen molar-refractivity contribution in [1.29, 1.82) is 0 Å². The molecule has 9 heteroatoms. The standard InChI is InChI=1S/C12H17N5O3S/c1-20-11-9-10(13)3-4-12(11)21(18,19)15-5-2-7-17-8-6-14-16-17/h3-4,6,8-9,15H,2,5,7,13H2,1H3. The van der Waals surface area contributed by atoms with Crippen LogP contribution in [-0.2, 0) is 16.6 Å². The molecule has 2 aromatic rings. The SMILES string of the molecule is COc1cc(N)ccc1S(=O)(=O)NCCCn1ccnn1. The number of hydrogen-bond donors (Lipinski definition) is 2. The maximum Gasteiger partial charge on any atom is 0.244 e. The summed E-state index contributed by atoms with van der Waals surface area (Å²) in [5.74, 6) is 0.221. The number of aryl methyl sites for hydroxylation is 1. The topological polar surface area (TPSA) is 112 Å². The van der Waals surface area contributed by atoms with E-state index in [4.69, 9.17) is 10.5 Å². The average Bonchev–Trinajstić information content (AvgIpc) is 2.96. The van der Waals surface area contributed by atoms with Crippen molar-refractivity contribution in [3.05, 3.63) is 30.6 Å². The Morgan fingerprint density at radius 2 is 2.24 bits per heavy atom. The molecule has 0 aliphatic carbocycles. The summed E-state index contributed by atoms with van der Waals surface area (Å²) >= 11 is 0. The molecule has 0 radical (unpaired) electrons. The van der Waals surface area contributed by atoms with Crippen molar-refractivity contribution in [3.8, 4) is 5.75 Å². The van der Waals surface area contributed by atoms with Gasteiger partial charge in [-0.25, -0.2) is 13.1 Å². The average molecular weight is 311 g/mol.